The van der Waals surface area contributed by atoms with Gasteiger partial charge in [-0.3, -0.25) is 14.4 Å². The number of piperidine rings is 1. The van der Waals surface area contributed by atoms with Gasteiger partial charge < -0.3 is 9.73 Å². The summed E-state index contributed by atoms with van der Waals surface area (Å²) in [6.07, 6.45) is 8.18. The predicted octanol–water partition coefficient (Wildman–Crippen LogP) is 1.65. The zero-order chi connectivity index (χ0) is 15.9. The Kier molecular flexibility index (Phi) is 3.49. The van der Waals surface area contributed by atoms with Crippen molar-refractivity contribution in [3.05, 3.63) is 42.1 Å². The first kappa shape index (κ1) is 14.5. The third-order valence-corrected chi connectivity index (χ3v) is 5.28. The van der Waals surface area contributed by atoms with E-state index < -0.39 is 0 Å². The molecule has 1 N–H and O–H groups in total. The highest BCUT2D eigenvalue weighted by molar-refractivity contribution is 5.81. The Labute approximate surface area is 135 Å². The fourth-order valence-corrected chi connectivity index (χ4v) is 4.06. The minimum Gasteiger partial charge on any atom is -0.468 e. The molecule has 6 heteroatoms. The maximum Gasteiger partial charge on any atom is 0.221 e. The highest BCUT2D eigenvalue weighted by atomic mass is 16.3. The van der Waals surface area contributed by atoms with E-state index >= 15 is 0 Å². The Hall–Kier alpha value is -2.08. The summed E-state index contributed by atoms with van der Waals surface area (Å²) in [5.74, 6) is 1.40. The number of aromatic nitrogens is 2. The van der Waals surface area contributed by atoms with Gasteiger partial charge in [0.1, 0.15) is 5.76 Å². The predicted molar refractivity (Wildman–Crippen MR) is 84.7 cm³/mol. The molecule has 6 nitrogen and oxygen atoms in total. The van der Waals surface area contributed by atoms with Gasteiger partial charge in [0.25, 0.3) is 0 Å². The van der Waals surface area contributed by atoms with Crippen LogP contribution in [0.2, 0.25) is 0 Å². The van der Waals surface area contributed by atoms with Crippen molar-refractivity contribution in [3.63, 3.8) is 0 Å². The van der Waals surface area contributed by atoms with Crippen LogP contribution in [0.3, 0.4) is 0 Å². The van der Waals surface area contributed by atoms with Crippen LogP contribution in [0.15, 0.2) is 35.2 Å². The molecule has 1 spiro atoms. The van der Waals surface area contributed by atoms with Crippen molar-refractivity contribution in [1.82, 2.24) is 20.0 Å². The number of rotatable bonds is 3. The molecule has 0 bridgehead atoms. The molecule has 0 aromatic carbocycles. The number of aryl methyl sites for hydroxylation is 1. The van der Waals surface area contributed by atoms with Crippen molar-refractivity contribution in [2.45, 2.75) is 37.3 Å². The fourth-order valence-electron chi connectivity index (χ4n) is 4.06. The van der Waals surface area contributed by atoms with E-state index in [2.05, 4.69) is 15.3 Å². The number of carbonyl (C=O) groups excluding carboxylic acids is 1. The summed E-state index contributed by atoms with van der Waals surface area (Å²) in [6, 6.07) is 3.94. The van der Waals surface area contributed by atoms with E-state index in [0.29, 0.717) is 6.42 Å². The van der Waals surface area contributed by atoms with E-state index in [4.69, 9.17) is 4.42 Å². The molecule has 122 valence electrons. The van der Waals surface area contributed by atoms with Crippen molar-refractivity contribution in [3.8, 4) is 0 Å². The van der Waals surface area contributed by atoms with Crippen LogP contribution in [0.25, 0.3) is 0 Å². The van der Waals surface area contributed by atoms with Crippen LogP contribution in [0.4, 0.5) is 0 Å². The summed E-state index contributed by atoms with van der Waals surface area (Å²) in [5.41, 5.74) is 1.06. The molecule has 2 aromatic heterocycles. The van der Waals surface area contributed by atoms with Gasteiger partial charge in [-0.25, -0.2) is 0 Å². The number of likely N-dealkylation sites (tertiary alicyclic amines) is 1. The van der Waals surface area contributed by atoms with Gasteiger partial charge >= 0.3 is 0 Å². The van der Waals surface area contributed by atoms with Crippen LogP contribution >= 0.6 is 0 Å². The second-order valence-corrected chi connectivity index (χ2v) is 6.76. The van der Waals surface area contributed by atoms with Crippen molar-refractivity contribution in [2.24, 2.45) is 7.05 Å². The first-order valence-electron chi connectivity index (χ1n) is 8.19. The fraction of sp³-hybridized carbons (Fsp3) is 0.529. The Morgan fingerprint density at radius 1 is 1.43 bits per heavy atom. The molecule has 2 saturated heterocycles. The lowest BCUT2D eigenvalue weighted by molar-refractivity contribution is -0.120. The highest BCUT2D eigenvalue weighted by Gasteiger charge is 2.49. The Morgan fingerprint density at radius 3 is 2.91 bits per heavy atom. The number of carbonyl (C=O) groups is 1. The van der Waals surface area contributed by atoms with Crippen molar-refractivity contribution < 1.29 is 9.21 Å². The Bertz CT molecular complexity index is 683. The summed E-state index contributed by atoms with van der Waals surface area (Å²) in [5, 5.41) is 7.56. The van der Waals surface area contributed by atoms with E-state index in [1.54, 1.807) is 6.26 Å². The number of nitrogens with one attached hydrogen (secondary N) is 1. The molecule has 2 aliphatic heterocycles. The Balaban J connectivity index is 1.48. The van der Waals surface area contributed by atoms with Crippen LogP contribution in [0.5, 0.6) is 0 Å². The zero-order valence-corrected chi connectivity index (χ0v) is 13.4. The van der Waals surface area contributed by atoms with Crippen molar-refractivity contribution in [2.75, 3.05) is 13.1 Å². The van der Waals surface area contributed by atoms with E-state index in [-0.39, 0.29) is 17.4 Å². The number of hydrogen-bond acceptors (Lipinski definition) is 4. The minimum absolute atomic E-state index is 0.111. The number of hydrogen-bond donors (Lipinski definition) is 1. The third kappa shape index (κ3) is 2.67. The van der Waals surface area contributed by atoms with E-state index in [1.807, 2.05) is 36.3 Å². The van der Waals surface area contributed by atoms with Crippen LogP contribution < -0.4 is 5.32 Å². The summed E-state index contributed by atoms with van der Waals surface area (Å²) in [4.78, 5) is 14.5. The number of amides is 1. The van der Waals surface area contributed by atoms with E-state index in [9.17, 15) is 4.79 Å². The molecule has 0 unspecified atom stereocenters. The van der Waals surface area contributed by atoms with Gasteiger partial charge in [0.15, 0.2) is 0 Å². The molecule has 2 aromatic rings. The lowest BCUT2D eigenvalue weighted by Gasteiger charge is -2.42. The normalized spacial score (nSPS) is 24.2. The first-order valence-corrected chi connectivity index (χ1v) is 8.19. The summed E-state index contributed by atoms with van der Waals surface area (Å²) < 4.78 is 7.26. The SMILES string of the molecule is Cn1cc([C@@H]2CC(=O)NC23CCN(Cc2ccco2)CC3)cn1. The number of nitrogens with zero attached hydrogens (tertiary/aromatic N) is 3. The van der Waals surface area contributed by atoms with Crippen LogP contribution in [0, 0.1) is 0 Å². The highest BCUT2D eigenvalue weighted by Crippen LogP contribution is 2.43. The number of furan rings is 1. The maximum atomic E-state index is 12.1. The summed E-state index contributed by atoms with van der Waals surface area (Å²) >= 11 is 0. The van der Waals surface area contributed by atoms with Crippen LogP contribution in [-0.2, 0) is 18.4 Å². The molecule has 4 rings (SSSR count). The molecule has 0 saturated carbocycles. The molecule has 1 atom stereocenters. The largest absolute Gasteiger partial charge is 0.468 e. The van der Waals surface area contributed by atoms with Gasteiger partial charge in [0.2, 0.25) is 5.91 Å². The van der Waals surface area contributed by atoms with Gasteiger partial charge in [0.05, 0.1) is 19.0 Å². The van der Waals surface area contributed by atoms with Crippen LogP contribution in [-0.4, -0.2) is 39.2 Å². The van der Waals surface area contributed by atoms with Crippen LogP contribution in [0.1, 0.15) is 36.5 Å². The lowest BCUT2D eigenvalue weighted by Crippen LogP contribution is -2.53. The summed E-state index contributed by atoms with van der Waals surface area (Å²) in [7, 11) is 1.92. The smallest absolute Gasteiger partial charge is 0.221 e. The second-order valence-electron chi connectivity index (χ2n) is 6.76. The standard InChI is InChI=1S/C17H22N4O2/c1-20-11-13(10-18-20)15-9-16(22)19-17(15)4-6-21(7-5-17)12-14-3-2-8-23-14/h2-3,8,10-11,15H,4-7,9,12H2,1H3,(H,19,22)/t15-/m0/s1. The van der Waals surface area contributed by atoms with Crippen molar-refractivity contribution in [1.29, 1.82) is 0 Å². The molecular weight excluding hydrogens is 292 g/mol. The van der Waals surface area contributed by atoms with Gasteiger partial charge in [-0.05, 0) is 30.5 Å². The molecule has 23 heavy (non-hydrogen) atoms. The molecule has 1 amide bonds. The molecule has 2 aliphatic rings. The minimum atomic E-state index is -0.111. The van der Waals surface area contributed by atoms with Gasteiger partial charge in [-0.15, -0.1) is 0 Å². The average Bonchev–Trinajstić information content (AvgIpc) is 3.24. The molecule has 0 aliphatic carbocycles. The third-order valence-electron chi connectivity index (χ3n) is 5.28. The first-order chi connectivity index (χ1) is 11.1. The Morgan fingerprint density at radius 2 is 2.26 bits per heavy atom. The molecular formula is C17H22N4O2. The molecule has 4 heterocycles. The van der Waals surface area contributed by atoms with Crippen molar-refractivity contribution >= 4 is 5.91 Å². The zero-order valence-electron chi connectivity index (χ0n) is 13.4. The average molecular weight is 314 g/mol. The van der Waals surface area contributed by atoms with Gasteiger partial charge in [0, 0.05) is 44.2 Å². The maximum absolute atomic E-state index is 12.1. The lowest BCUT2D eigenvalue weighted by atomic mass is 9.75. The summed E-state index contributed by atoms with van der Waals surface area (Å²) in [6.45, 7) is 2.78. The van der Waals surface area contributed by atoms with Gasteiger partial charge in [-0.2, -0.15) is 5.10 Å². The molecule has 0 radical (unpaired) electrons. The van der Waals surface area contributed by atoms with E-state index in [0.717, 1.165) is 38.2 Å². The monoisotopic (exact) mass is 314 g/mol. The van der Waals surface area contributed by atoms with Gasteiger partial charge in [-0.1, -0.05) is 0 Å². The second kappa shape index (κ2) is 5.53. The molecule has 2 fully saturated rings. The quantitative estimate of drug-likeness (QED) is 0.936. The topological polar surface area (TPSA) is 63.3 Å². The van der Waals surface area contributed by atoms with E-state index in [1.165, 1.54) is 5.56 Å².